The number of methoxy groups -OCH3 is 1. The Morgan fingerprint density at radius 3 is 2.49 bits per heavy atom. The van der Waals surface area contributed by atoms with Crippen LogP contribution in [-0.2, 0) is 20.9 Å². The van der Waals surface area contributed by atoms with Crippen molar-refractivity contribution in [1.29, 1.82) is 0 Å². The molecule has 16 nitrogen and oxygen atoms in total. The van der Waals surface area contributed by atoms with E-state index in [1.165, 1.54) is 47.4 Å². The number of likely N-dealkylation sites (tertiary alicyclic amines) is 1. The number of aromatic nitrogens is 3. The maximum absolute atomic E-state index is 15.2. The van der Waals surface area contributed by atoms with Gasteiger partial charge >= 0.3 is 0 Å². The molecule has 372 valence electrons. The number of aliphatic hydroxyl groups is 1. The first-order valence-electron chi connectivity index (χ1n) is 23.2. The van der Waals surface area contributed by atoms with Gasteiger partial charge in [0.25, 0.3) is 11.8 Å². The van der Waals surface area contributed by atoms with Crippen LogP contribution in [0.4, 0.5) is 26.2 Å². The van der Waals surface area contributed by atoms with Gasteiger partial charge < -0.3 is 46.6 Å². The Morgan fingerprint density at radius 1 is 1.06 bits per heavy atom. The number of carbonyl (C=O) groups excluding carboxylic acids is 4. The molecule has 0 radical (unpaired) electrons. The standard InChI is InChI=1S/C48H61ClF2N10O6S2/c1-27-39(68-26-57-27)30-10-11-32(35(50)18-30)22-55-43(64)37-20-33(62)24-61(37)44(65)40(59-45(66)48(51)14-15-48)47(2,3)69-25-29-8-6-28(7-9-29)21-53-16-17-54-42(63)31-12-13-36(38(19-31)67-5)58-46-56-23-34(49)41(52-4)60-46/h10-13,18-19,23,26,28-29,33,37,40,53,62H,6-9,14-17,20-22,24-25H2,1-5H3,(H,54,63)(H,55,64)(H,59,66)(H2,52,56,58,60)/t28-,29-,33-,37?,40-/m1/s1. The third kappa shape index (κ3) is 13.0. The Morgan fingerprint density at radius 2 is 1.81 bits per heavy atom. The molecule has 3 atom stereocenters. The van der Waals surface area contributed by atoms with E-state index in [1.54, 1.807) is 42.9 Å². The van der Waals surface area contributed by atoms with E-state index in [0.29, 0.717) is 70.0 Å². The van der Waals surface area contributed by atoms with Crippen LogP contribution < -0.4 is 36.6 Å². The summed E-state index contributed by atoms with van der Waals surface area (Å²) in [5, 5.41) is 29.0. The Labute approximate surface area is 414 Å². The lowest BCUT2D eigenvalue weighted by Gasteiger charge is -2.38. The molecule has 0 bridgehead atoms. The van der Waals surface area contributed by atoms with E-state index >= 15 is 8.78 Å². The molecular formula is C48H61ClF2N10O6S2. The summed E-state index contributed by atoms with van der Waals surface area (Å²) in [5.41, 5.74) is 2.40. The number of β-amino-alcohol motifs (C(OH)–C–C–N with tert-alkyl or cyclic N) is 1. The van der Waals surface area contributed by atoms with Gasteiger partial charge in [0.2, 0.25) is 17.8 Å². The number of rotatable bonds is 21. The fraction of sp³-hybridized carbons (Fsp3) is 0.521. The first-order valence-corrected chi connectivity index (χ1v) is 25.5. The topological polar surface area (TPSA) is 212 Å². The highest BCUT2D eigenvalue weighted by Gasteiger charge is 2.54. The second-order valence-electron chi connectivity index (χ2n) is 18.5. The zero-order chi connectivity index (χ0) is 49.5. The van der Waals surface area contributed by atoms with Crippen molar-refractivity contribution in [3.63, 3.8) is 0 Å². The smallest absolute Gasteiger partial charge is 0.258 e. The van der Waals surface area contributed by atoms with Gasteiger partial charge in [0, 0.05) is 55.5 Å². The summed E-state index contributed by atoms with van der Waals surface area (Å²) in [6.45, 7) is 7.07. The number of benzene rings is 2. The van der Waals surface area contributed by atoms with Crippen molar-refractivity contribution in [2.24, 2.45) is 11.8 Å². The molecule has 7 rings (SSSR count). The quantitative estimate of drug-likeness (QED) is 0.0452. The minimum atomic E-state index is -2.04. The number of halogens is 3. The molecule has 3 heterocycles. The van der Waals surface area contributed by atoms with E-state index in [0.717, 1.165) is 42.8 Å². The minimum absolute atomic E-state index is 0.0396. The van der Waals surface area contributed by atoms with Gasteiger partial charge in [-0.2, -0.15) is 16.7 Å². The number of nitrogens with one attached hydrogen (secondary N) is 6. The Bertz CT molecular complexity index is 2490. The van der Waals surface area contributed by atoms with Gasteiger partial charge in [-0.15, -0.1) is 11.3 Å². The first-order chi connectivity index (χ1) is 33.0. The van der Waals surface area contributed by atoms with Crippen LogP contribution >= 0.6 is 34.7 Å². The molecule has 2 aliphatic carbocycles. The molecule has 0 spiro atoms. The highest BCUT2D eigenvalue weighted by Crippen LogP contribution is 2.42. The summed E-state index contributed by atoms with van der Waals surface area (Å²) in [4.78, 5) is 69.2. The van der Waals surface area contributed by atoms with Gasteiger partial charge in [0.05, 0.1) is 41.2 Å². The van der Waals surface area contributed by atoms with Crippen LogP contribution in [-0.4, -0.2) is 123 Å². The highest BCUT2D eigenvalue weighted by atomic mass is 35.5. The van der Waals surface area contributed by atoms with Crippen LogP contribution in [0.2, 0.25) is 5.02 Å². The molecule has 2 aromatic carbocycles. The Balaban J connectivity index is 0.865. The van der Waals surface area contributed by atoms with Crippen molar-refractivity contribution in [2.75, 3.05) is 56.7 Å². The lowest BCUT2D eigenvalue weighted by atomic mass is 9.83. The van der Waals surface area contributed by atoms with Crippen molar-refractivity contribution in [2.45, 2.75) is 101 Å². The fourth-order valence-corrected chi connectivity index (χ4v) is 11.0. The van der Waals surface area contributed by atoms with Gasteiger partial charge in [0.1, 0.15) is 34.5 Å². The molecule has 1 aliphatic heterocycles. The summed E-state index contributed by atoms with van der Waals surface area (Å²) in [7, 11) is 3.22. The van der Waals surface area contributed by atoms with Crippen molar-refractivity contribution in [3.05, 3.63) is 75.8 Å². The van der Waals surface area contributed by atoms with Crippen molar-refractivity contribution in [3.8, 4) is 16.2 Å². The van der Waals surface area contributed by atoms with Crippen molar-refractivity contribution < 1.29 is 37.8 Å². The summed E-state index contributed by atoms with van der Waals surface area (Å²) in [5.74, 6) is -0.00694. The van der Waals surface area contributed by atoms with E-state index in [4.69, 9.17) is 16.3 Å². The number of amides is 4. The lowest BCUT2D eigenvalue weighted by molar-refractivity contribution is -0.143. The van der Waals surface area contributed by atoms with E-state index in [2.05, 4.69) is 46.9 Å². The number of alkyl halides is 1. The fourth-order valence-electron chi connectivity index (χ4n) is 8.66. The molecule has 2 aromatic heterocycles. The van der Waals surface area contributed by atoms with Crippen molar-refractivity contribution >= 4 is 75.8 Å². The van der Waals surface area contributed by atoms with Gasteiger partial charge in [-0.3, -0.25) is 19.2 Å². The molecule has 1 unspecified atom stereocenters. The summed E-state index contributed by atoms with van der Waals surface area (Å²) in [6, 6.07) is 7.56. The third-order valence-electron chi connectivity index (χ3n) is 13.1. The third-order valence-corrected chi connectivity index (χ3v) is 15.9. The molecule has 69 heavy (non-hydrogen) atoms. The molecule has 4 aromatic rings. The molecule has 7 N–H and O–H groups in total. The summed E-state index contributed by atoms with van der Waals surface area (Å²) >= 11 is 9.04. The number of thiazole rings is 1. The second-order valence-corrected chi connectivity index (χ2v) is 21.4. The number of hydrogen-bond donors (Lipinski definition) is 7. The molecular weight excluding hydrogens is 950 g/mol. The number of thioether (sulfide) groups is 1. The largest absolute Gasteiger partial charge is 0.495 e. The molecule has 21 heteroatoms. The van der Waals surface area contributed by atoms with Crippen LogP contribution in [0.15, 0.2) is 48.1 Å². The highest BCUT2D eigenvalue weighted by molar-refractivity contribution is 8.00. The molecule has 4 amide bonds. The van der Waals surface area contributed by atoms with Gasteiger partial charge in [-0.05, 0) is 113 Å². The molecule has 3 aliphatic rings. The summed E-state index contributed by atoms with van der Waals surface area (Å²) < 4.78 is 34.9. The normalized spacial score (nSPS) is 20.2. The maximum Gasteiger partial charge on any atom is 0.258 e. The number of hydrogen-bond acceptors (Lipinski definition) is 14. The van der Waals surface area contributed by atoms with E-state index in [9.17, 15) is 24.3 Å². The SMILES string of the molecule is CNc1nc(Nc2ccc(C(=O)NCCNC[C@H]3CC[C@H](CSC(C)(C)[C@H](NC(=O)C4(F)CC4)C(=O)N4C[C@H](O)CC4C(=O)NCc4ccc(-c5scnc5C)cc4F)CC3)cc2OC)ncc1Cl. The summed E-state index contributed by atoms with van der Waals surface area (Å²) in [6.07, 6.45) is 4.50. The number of nitrogens with zero attached hydrogens (tertiary/aromatic N) is 4. The van der Waals surface area contributed by atoms with Crippen molar-refractivity contribution in [1.82, 2.24) is 41.1 Å². The average molecular weight is 1010 g/mol. The number of anilines is 3. The molecule has 1 saturated heterocycles. The van der Waals surface area contributed by atoms with Crippen LogP contribution in [0.5, 0.6) is 5.75 Å². The van der Waals surface area contributed by atoms with E-state index in [1.807, 2.05) is 20.8 Å². The van der Waals surface area contributed by atoms with Gasteiger partial charge in [0.15, 0.2) is 5.67 Å². The zero-order valence-electron chi connectivity index (χ0n) is 39.4. The van der Waals surface area contributed by atoms with Crippen LogP contribution in [0, 0.1) is 24.6 Å². The van der Waals surface area contributed by atoms with Crippen LogP contribution in [0.1, 0.15) is 80.4 Å². The maximum atomic E-state index is 15.2. The Hall–Kier alpha value is -5.15. The van der Waals surface area contributed by atoms with E-state index < -0.39 is 52.1 Å². The number of aliphatic hydroxyl groups excluding tert-OH is 1. The Kier molecular flexibility index (Phi) is 17.0. The monoisotopic (exact) mass is 1010 g/mol. The number of carbonyl (C=O) groups is 4. The average Bonchev–Trinajstić information content (AvgIpc) is 3.74. The van der Waals surface area contributed by atoms with Gasteiger partial charge in [-0.1, -0.05) is 23.7 Å². The van der Waals surface area contributed by atoms with Crippen LogP contribution in [0.25, 0.3) is 10.4 Å². The molecule has 2 saturated carbocycles. The van der Waals surface area contributed by atoms with E-state index in [-0.39, 0.29) is 43.8 Å². The predicted molar refractivity (Wildman–Crippen MR) is 265 cm³/mol. The first kappa shape index (κ1) is 51.7. The minimum Gasteiger partial charge on any atom is -0.495 e. The molecule has 3 fully saturated rings. The van der Waals surface area contributed by atoms with Gasteiger partial charge in [-0.25, -0.2) is 18.7 Å². The predicted octanol–water partition coefficient (Wildman–Crippen LogP) is 6.40. The lowest BCUT2D eigenvalue weighted by Crippen LogP contribution is -2.61. The van der Waals surface area contributed by atoms with Crippen LogP contribution in [0.3, 0.4) is 0 Å². The second kappa shape index (κ2) is 22.7. The number of aryl methyl sites for hydroxylation is 1. The zero-order valence-corrected chi connectivity index (χ0v) is 41.8. The number of ether oxygens (including phenoxy) is 1.